The van der Waals surface area contributed by atoms with Crippen LogP contribution in [0.3, 0.4) is 0 Å². The van der Waals surface area contributed by atoms with E-state index in [0.717, 1.165) is 11.3 Å². The summed E-state index contributed by atoms with van der Waals surface area (Å²) in [7, 11) is 3.07. The number of carbonyl (C=O) groups is 1. The minimum atomic E-state index is -0.290. The summed E-state index contributed by atoms with van der Waals surface area (Å²) >= 11 is 0. The van der Waals surface area contributed by atoms with Crippen LogP contribution in [0, 0.1) is 6.92 Å². The highest BCUT2D eigenvalue weighted by molar-refractivity contribution is 6.05. The van der Waals surface area contributed by atoms with Crippen molar-refractivity contribution < 1.29 is 14.3 Å². The lowest BCUT2D eigenvalue weighted by Crippen LogP contribution is -2.12. The summed E-state index contributed by atoms with van der Waals surface area (Å²) in [4.78, 5) is 30.0. The fraction of sp³-hybridized carbons (Fsp3) is 0.125. The largest absolute Gasteiger partial charge is 0.497 e. The van der Waals surface area contributed by atoms with E-state index in [4.69, 9.17) is 9.47 Å². The number of ether oxygens (including phenoxy) is 2. The Balaban J connectivity index is 1.55. The maximum absolute atomic E-state index is 12.8. The van der Waals surface area contributed by atoms with Crippen molar-refractivity contribution in [3.63, 3.8) is 0 Å². The van der Waals surface area contributed by atoms with Gasteiger partial charge in [0.15, 0.2) is 5.82 Å². The van der Waals surface area contributed by atoms with Gasteiger partial charge in [-0.2, -0.15) is 0 Å². The molecular formula is C24H22N6O3. The minimum Gasteiger partial charge on any atom is -0.497 e. The molecule has 0 saturated carbocycles. The Bertz CT molecular complexity index is 1260. The number of aryl methyl sites for hydroxylation is 1. The standard InChI is InChI=1S/C24H22N6O3/c1-15-5-6-17(28-23(31)16-11-18(32-2)14-19(12-16)33-3)13-21(15)30-24-27-10-7-20(29-24)22-25-8-4-9-26-22/h4-14H,1-3H3,(H,28,31)(H,27,29,30). The Kier molecular flexibility index (Phi) is 6.40. The smallest absolute Gasteiger partial charge is 0.255 e. The highest BCUT2D eigenvalue weighted by Crippen LogP contribution is 2.26. The Morgan fingerprint density at radius 2 is 1.61 bits per heavy atom. The normalized spacial score (nSPS) is 10.4. The number of hydrogen-bond donors (Lipinski definition) is 2. The van der Waals surface area contributed by atoms with Crippen LogP contribution < -0.4 is 20.1 Å². The van der Waals surface area contributed by atoms with Crippen LogP contribution in [0.25, 0.3) is 11.5 Å². The van der Waals surface area contributed by atoms with Gasteiger partial charge in [-0.3, -0.25) is 4.79 Å². The molecule has 2 N–H and O–H groups in total. The van der Waals surface area contributed by atoms with Crippen LogP contribution in [0.2, 0.25) is 0 Å². The van der Waals surface area contributed by atoms with E-state index in [2.05, 4.69) is 30.6 Å². The molecule has 0 spiro atoms. The molecule has 4 rings (SSSR count). The summed E-state index contributed by atoms with van der Waals surface area (Å²) in [5.74, 6) is 1.68. The molecular weight excluding hydrogens is 420 g/mol. The first-order valence-electron chi connectivity index (χ1n) is 10.1. The van der Waals surface area contributed by atoms with Crippen LogP contribution in [-0.2, 0) is 0 Å². The molecule has 0 aliphatic heterocycles. The molecule has 0 radical (unpaired) electrons. The number of nitrogens with one attached hydrogen (secondary N) is 2. The summed E-state index contributed by atoms with van der Waals surface area (Å²) in [6.07, 6.45) is 4.95. The number of anilines is 3. The van der Waals surface area contributed by atoms with Gasteiger partial charge >= 0.3 is 0 Å². The zero-order chi connectivity index (χ0) is 23.2. The second kappa shape index (κ2) is 9.73. The van der Waals surface area contributed by atoms with Gasteiger partial charge < -0.3 is 20.1 Å². The zero-order valence-electron chi connectivity index (χ0n) is 18.4. The van der Waals surface area contributed by atoms with Gasteiger partial charge in [-0.15, -0.1) is 0 Å². The van der Waals surface area contributed by atoms with Crippen LogP contribution in [0.1, 0.15) is 15.9 Å². The quantitative estimate of drug-likeness (QED) is 0.437. The summed E-state index contributed by atoms with van der Waals surface area (Å²) in [6, 6.07) is 14.0. The number of rotatable bonds is 7. The molecule has 0 bridgehead atoms. The number of aromatic nitrogens is 4. The van der Waals surface area contributed by atoms with Gasteiger partial charge in [0.25, 0.3) is 5.91 Å². The van der Waals surface area contributed by atoms with E-state index in [9.17, 15) is 4.79 Å². The van der Waals surface area contributed by atoms with Gasteiger partial charge in [-0.05, 0) is 48.9 Å². The van der Waals surface area contributed by atoms with Crippen molar-refractivity contribution in [1.29, 1.82) is 0 Å². The third-order valence-corrected chi connectivity index (χ3v) is 4.81. The Morgan fingerprint density at radius 3 is 2.30 bits per heavy atom. The van der Waals surface area contributed by atoms with Crippen LogP contribution in [-0.4, -0.2) is 40.1 Å². The molecule has 9 nitrogen and oxygen atoms in total. The molecule has 0 unspecified atom stereocenters. The number of benzene rings is 2. The highest BCUT2D eigenvalue weighted by Gasteiger charge is 2.12. The highest BCUT2D eigenvalue weighted by atomic mass is 16.5. The first kappa shape index (κ1) is 21.7. The average molecular weight is 442 g/mol. The third kappa shape index (κ3) is 5.21. The number of carbonyl (C=O) groups excluding carboxylic acids is 1. The van der Waals surface area contributed by atoms with Crippen molar-refractivity contribution in [3.8, 4) is 23.0 Å². The van der Waals surface area contributed by atoms with Gasteiger partial charge in [0.05, 0.1) is 14.2 Å². The van der Waals surface area contributed by atoms with Gasteiger partial charge in [0, 0.05) is 41.6 Å². The van der Waals surface area contributed by atoms with Gasteiger partial charge in [0.1, 0.15) is 17.2 Å². The molecule has 2 aromatic heterocycles. The number of hydrogen-bond acceptors (Lipinski definition) is 8. The minimum absolute atomic E-state index is 0.290. The molecule has 166 valence electrons. The SMILES string of the molecule is COc1cc(OC)cc(C(=O)Nc2ccc(C)c(Nc3nccc(-c4ncccn4)n3)c2)c1. The topological polar surface area (TPSA) is 111 Å². The molecule has 4 aromatic rings. The maximum atomic E-state index is 12.8. The van der Waals surface area contributed by atoms with Gasteiger partial charge in [-0.25, -0.2) is 19.9 Å². The summed E-state index contributed by atoms with van der Waals surface area (Å²) in [5, 5.41) is 6.10. The van der Waals surface area contributed by atoms with E-state index < -0.39 is 0 Å². The molecule has 0 fully saturated rings. The van der Waals surface area contributed by atoms with Crippen molar-refractivity contribution in [3.05, 3.63) is 78.2 Å². The van der Waals surface area contributed by atoms with Gasteiger partial charge in [0.2, 0.25) is 5.95 Å². The predicted octanol–water partition coefficient (Wildman–Crippen LogP) is 4.26. The van der Waals surface area contributed by atoms with E-state index in [1.54, 1.807) is 48.9 Å². The fourth-order valence-corrected chi connectivity index (χ4v) is 3.07. The van der Waals surface area contributed by atoms with Gasteiger partial charge in [-0.1, -0.05) is 6.07 Å². The molecule has 9 heteroatoms. The van der Waals surface area contributed by atoms with E-state index in [1.165, 1.54) is 14.2 Å². The number of amides is 1. The average Bonchev–Trinajstić information content (AvgIpc) is 2.86. The number of nitrogens with zero attached hydrogens (tertiary/aromatic N) is 4. The van der Waals surface area contributed by atoms with Crippen LogP contribution in [0.15, 0.2) is 67.1 Å². The van der Waals surface area contributed by atoms with Crippen LogP contribution in [0.4, 0.5) is 17.3 Å². The lowest BCUT2D eigenvalue weighted by Gasteiger charge is -2.13. The Hall–Kier alpha value is -4.53. The molecule has 33 heavy (non-hydrogen) atoms. The van der Waals surface area contributed by atoms with E-state index >= 15 is 0 Å². The lowest BCUT2D eigenvalue weighted by molar-refractivity contribution is 0.102. The van der Waals surface area contributed by atoms with Crippen LogP contribution >= 0.6 is 0 Å². The lowest BCUT2D eigenvalue weighted by atomic mass is 10.1. The van der Waals surface area contributed by atoms with Crippen molar-refractivity contribution in [2.24, 2.45) is 0 Å². The van der Waals surface area contributed by atoms with Crippen molar-refractivity contribution in [2.45, 2.75) is 6.92 Å². The third-order valence-electron chi connectivity index (χ3n) is 4.81. The number of methoxy groups -OCH3 is 2. The summed E-state index contributed by atoms with van der Waals surface area (Å²) in [5.41, 5.74) is 3.34. The first-order valence-corrected chi connectivity index (χ1v) is 10.1. The maximum Gasteiger partial charge on any atom is 0.255 e. The van der Waals surface area contributed by atoms with Crippen LogP contribution in [0.5, 0.6) is 11.5 Å². The van der Waals surface area contributed by atoms with E-state index in [-0.39, 0.29) is 5.91 Å². The molecule has 0 aliphatic rings. The molecule has 0 saturated heterocycles. The Morgan fingerprint density at radius 1 is 0.879 bits per heavy atom. The fourth-order valence-electron chi connectivity index (χ4n) is 3.07. The summed E-state index contributed by atoms with van der Waals surface area (Å²) < 4.78 is 10.5. The monoisotopic (exact) mass is 442 g/mol. The van der Waals surface area contributed by atoms with Crippen molar-refractivity contribution in [2.75, 3.05) is 24.9 Å². The molecule has 1 amide bonds. The first-order chi connectivity index (χ1) is 16.1. The van der Waals surface area contributed by atoms with E-state index in [0.29, 0.717) is 40.2 Å². The van der Waals surface area contributed by atoms with E-state index in [1.807, 2.05) is 25.1 Å². The summed E-state index contributed by atoms with van der Waals surface area (Å²) in [6.45, 7) is 1.95. The molecule has 0 aliphatic carbocycles. The second-order valence-electron chi connectivity index (χ2n) is 7.05. The molecule has 0 atom stereocenters. The van der Waals surface area contributed by atoms with Crippen molar-refractivity contribution in [1.82, 2.24) is 19.9 Å². The molecule has 2 heterocycles. The Labute approximate surface area is 190 Å². The molecule has 2 aromatic carbocycles. The zero-order valence-corrected chi connectivity index (χ0v) is 18.4. The predicted molar refractivity (Wildman–Crippen MR) is 125 cm³/mol. The second-order valence-corrected chi connectivity index (χ2v) is 7.05. The van der Waals surface area contributed by atoms with Crippen molar-refractivity contribution >= 4 is 23.2 Å².